The number of rotatable bonds is 5. The molecule has 4 nitrogen and oxygen atoms in total. The molecule has 1 atom stereocenters. The number of hydrogen-bond acceptors (Lipinski definition) is 3. The smallest absolute Gasteiger partial charge is 0.290 e. The molecular formula is C5H13NO3P+. The van der Waals surface area contributed by atoms with Crippen molar-refractivity contribution in [1.82, 2.24) is 5.32 Å². The molecular weight excluding hydrogens is 153 g/mol. The third-order valence-corrected chi connectivity index (χ3v) is 1.18. The molecule has 0 bridgehead atoms. The molecule has 0 rings (SSSR count). The van der Waals surface area contributed by atoms with Crippen molar-refractivity contribution < 1.29 is 14.0 Å². The first-order chi connectivity index (χ1) is 4.63. The van der Waals surface area contributed by atoms with Gasteiger partial charge in [-0.25, -0.2) is 0 Å². The van der Waals surface area contributed by atoms with Gasteiger partial charge in [0.05, 0.1) is 0 Å². The van der Waals surface area contributed by atoms with Gasteiger partial charge in [-0.05, 0) is 12.5 Å². The first-order valence-electron chi connectivity index (χ1n) is 3.12. The van der Waals surface area contributed by atoms with E-state index in [1.807, 2.05) is 13.8 Å². The van der Waals surface area contributed by atoms with Crippen molar-refractivity contribution in [2.75, 3.05) is 13.3 Å². The molecule has 0 aromatic heterocycles. The van der Waals surface area contributed by atoms with Gasteiger partial charge in [0.1, 0.15) is 0 Å². The van der Waals surface area contributed by atoms with Crippen LogP contribution < -0.4 is 5.32 Å². The number of nitrogens with one attached hydrogen (secondary N) is 1. The topological polar surface area (TPSA) is 58.6 Å². The first-order valence-corrected chi connectivity index (χ1v) is 4.25. The molecule has 0 aromatic carbocycles. The summed E-state index contributed by atoms with van der Waals surface area (Å²) in [4.78, 5) is 8.16. The fourth-order valence-corrected chi connectivity index (χ4v) is 0.650. The van der Waals surface area contributed by atoms with Crippen molar-refractivity contribution in [3.63, 3.8) is 0 Å². The highest BCUT2D eigenvalue weighted by Crippen LogP contribution is 2.12. The van der Waals surface area contributed by atoms with E-state index in [0.29, 0.717) is 5.92 Å². The van der Waals surface area contributed by atoms with Crippen LogP contribution in [0.5, 0.6) is 0 Å². The normalized spacial score (nSPS) is 12.2. The summed E-state index contributed by atoms with van der Waals surface area (Å²) in [6.07, 6.45) is 0. The van der Waals surface area contributed by atoms with Gasteiger partial charge in [-0.15, -0.1) is 9.42 Å². The van der Waals surface area contributed by atoms with Crippen LogP contribution in [0.4, 0.5) is 0 Å². The van der Waals surface area contributed by atoms with Crippen LogP contribution in [0.3, 0.4) is 0 Å². The van der Waals surface area contributed by atoms with E-state index in [0.717, 1.165) is 6.54 Å². The third kappa shape index (κ3) is 7.98. The molecule has 10 heavy (non-hydrogen) atoms. The first kappa shape index (κ1) is 9.98. The lowest BCUT2D eigenvalue weighted by Gasteiger charge is -2.01. The predicted molar refractivity (Wildman–Crippen MR) is 38.6 cm³/mol. The van der Waals surface area contributed by atoms with Crippen molar-refractivity contribution in [1.29, 1.82) is 0 Å². The van der Waals surface area contributed by atoms with Crippen LogP contribution in [-0.2, 0) is 9.09 Å². The zero-order valence-electron chi connectivity index (χ0n) is 6.20. The Kier molecular flexibility index (Phi) is 5.73. The van der Waals surface area contributed by atoms with Gasteiger partial charge in [0.15, 0.2) is 6.73 Å². The molecule has 0 radical (unpaired) electrons. The van der Waals surface area contributed by atoms with E-state index < -0.39 is 8.25 Å². The molecule has 1 unspecified atom stereocenters. The zero-order chi connectivity index (χ0) is 7.98. The second-order valence-electron chi connectivity index (χ2n) is 2.36. The van der Waals surface area contributed by atoms with Crippen LogP contribution in [0, 0.1) is 5.92 Å². The maximum absolute atomic E-state index is 9.93. The summed E-state index contributed by atoms with van der Waals surface area (Å²) < 4.78 is 14.3. The van der Waals surface area contributed by atoms with Gasteiger partial charge in [-0.1, -0.05) is 13.8 Å². The van der Waals surface area contributed by atoms with Crippen LogP contribution in [-0.4, -0.2) is 18.2 Å². The Morgan fingerprint density at radius 2 is 2.30 bits per heavy atom. The Bertz CT molecular complexity index is 107. The number of hydrogen-bond donors (Lipinski definition) is 2. The Morgan fingerprint density at radius 3 is 2.70 bits per heavy atom. The van der Waals surface area contributed by atoms with Crippen LogP contribution in [0.1, 0.15) is 13.8 Å². The zero-order valence-corrected chi connectivity index (χ0v) is 7.10. The Balaban J connectivity index is 2.98. The van der Waals surface area contributed by atoms with Gasteiger partial charge in [0, 0.05) is 4.57 Å². The quantitative estimate of drug-likeness (QED) is 0.361. The third-order valence-electron chi connectivity index (χ3n) is 0.830. The lowest BCUT2D eigenvalue weighted by Crippen LogP contribution is -2.21. The second-order valence-corrected chi connectivity index (χ2v) is 3.09. The van der Waals surface area contributed by atoms with Crippen molar-refractivity contribution in [3.05, 3.63) is 0 Å². The molecule has 0 amide bonds. The summed E-state index contributed by atoms with van der Waals surface area (Å²) in [5, 5.41) is 2.85. The van der Waals surface area contributed by atoms with Gasteiger partial charge in [0.2, 0.25) is 0 Å². The van der Waals surface area contributed by atoms with Crippen molar-refractivity contribution >= 4 is 8.25 Å². The molecule has 0 heterocycles. The molecule has 0 aliphatic carbocycles. The molecule has 5 heteroatoms. The summed E-state index contributed by atoms with van der Waals surface area (Å²) >= 11 is 0. The maximum atomic E-state index is 9.93. The molecule has 0 aliphatic rings. The van der Waals surface area contributed by atoms with E-state index in [1.54, 1.807) is 0 Å². The molecule has 2 N–H and O–H groups in total. The molecule has 0 saturated carbocycles. The minimum Gasteiger partial charge on any atom is -0.290 e. The summed E-state index contributed by atoms with van der Waals surface area (Å²) in [7, 11) is -2.44. The fourth-order valence-electron chi connectivity index (χ4n) is 0.448. The molecule has 0 saturated heterocycles. The molecule has 0 aromatic rings. The molecule has 0 fully saturated rings. The summed E-state index contributed by atoms with van der Waals surface area (Å²) in [6, 6.07) is 0. The predicted octanol–water partition coefficient (Wildman–Crippen LogP) is 0.856. The highest BCUT2D eigenvalue weighted by atomic mass is 31.1. The second kappa shape index (κ2) is 5.74. The summed E-state index contributed by atoms with van der Waals surface area (Å²) in [5.41, 5.74) is 0. The summed E-state index contributed by atoms with van der Waals surface area (Å²) in [6.45, 7) is 5.03. The monoisotopic (exact) mass is 166 g/mol. The van der Waals surface area contributed by atoms with Gasteiger partial charge in [-0.3, -0.25) is 5.32 Å². The fraction of sp³-hybridized carbons (Fsp3) is 1.00. The standard InChI is InChI=1S/C5H12NO3P/c1-5(2)3-6-4-9-10(7)8/h5-6H,3-4H2,1-2H3/p+1. The van der Waals surface area contributed by atoms with Crippen molar-refractivity contribution in [2.45, 2.75) is 13.8 Å². The summed E-state index contributed by atoms with van der Waals surface area (Å²) in [5.74, 6) is 0.528. The van der Waals surface area contributed by atoms with E-state index in [1.165, 1.54) is 0 Å². The van der Waals surface area contributed by atoms with E-state index in [4.69, 9.17) is 4.89 Å². The average Bonchev–Trinajstić information content (AvgIpc) is 1.79. The minimum absolute atomic E-state index is 0.143. The largest absolute Gasteiger partial charge is 0.696 e. The highest BCUT2D eigenvalue weighted by molar-refractivity contribution is 7.32. The Labute approximate surface area is 61.5 Å². The lowest BCUT2D eigenvalue weighted by molar-refractivity contribution is 0.252. The van der Waals surface area contributed by atoms with Gasteiger partial charge in [0.25, 0.3) is 0 Å². The van der Waals surface area contributed by atoms with Gasteiger partial charge in [-0.2, -0.15) is 0 Å². The van der Waals surface area contributed by atoms with E-state index in [9.17, 15) is 4.57 Å². The molecule has 0 spiro atoms. The van der Waals surface area contributed by atoms with E-state index in [-0.39, 0.29) is 6.73 Å². The van der Waals surface area contributed by atoms with E-state index in [2.05, 4.69) is 9.84 Å². The van der Waals surface area contributed by atoms with Crippen molar-refractivity contribution in [2.24, 2.45) is 5.92 Å². The molecule has 0 aliphatic heterocycles. The maximum Gasteiger partial charge on any atom is 0.696 e. The SMILES string of the molecule is CC(C)CNCO[P+](=O)O. The van der Waals surface area contributed by atoms with E-state index >= 15 is 0 Å². The van der Waals surface area contributed by atoms with Gasteiger partial charge >= 0.3 is 8.25 Å². The van der Waals surface area contributed by atoms with Crippen LogP contribution in [0.2, 0.25) is 0 Å². The lowest BCUT2D eigenvalue weighted by atomic mass is 10.2. The average molecular weight is 166 g/mol. The highest BCUT2D eigenvalue weighted by Gasteiger charge is 2.09. The van der Waals surface area contributed by atoms with Crippen LogP contribution >= 0.6 is 8.25 Å². The Morgan fingerprint density at radius 1 is 1.70 bits per heavy atom. The van der Waals surface area contributed by atoms with Crippen LogP contribution in [0.15, 0.2) is 0 Å². The Hall–Kier alpha value is -0.0200. The van der Waals surface area contributed by atoms with Gasteiger partial charge < -0.3 is 0 Å². The molecule has 60 valence electrons. The minimum atomic E-state index is -2.44. The van der Waals surface area contributed by atoms with Crippen LogP contribution in [0.25, 0.3) is 0 Å². The van der Waals surface area contributed by atoms with Crippen molar-refractivity contribution in [3.8, 4) is 0 Å².